The summed E-state index contributed by atoms with van der Waals surface area (Å²) in [7, 11) is 2.16. The molecule has 0 heterocycles. The minimum Gasteiger partial charge on any atom is -0.343 e. The van der Waals surface area contributed by atoms with Crippen molar-refractivity contribution in [2.24, 2.45) is 22.7 Å². The van der Waals surface area contributed by atoms with Gasteiger partial charge >= 0.3 is 6.18 Å². The number of allylic oxidation sites excluding steroid dienone is 6. The van der Waals surface area contributed by atoms with E-state index >= 15 is 0 Å². The van der Waals surface area contributed by atoms with Gasteiger partial charge in [0.1, 0.15) is 5.54 Å². The van der Waals surface area contributed by atoms with Crippen LogP contribution >= 0.6 is 0 Å². The molecule has 184 valence electrons. The first-order valence-corrected chi connectivity index (χ1v) is 12.2. The second-order valence-electron chi connectivity index (χ2n) is 10.7. The van der Waals surface area contributed by atoms with Crippen LogP contribution in [0.3, 0.4) is 0 Å². The summed E-state index contributed by atoms with van der Waals surface area (Å²) in [6, 6.07) is 5.28. The molecule has 4 heteroatoms. The van der Waals surface area contributed by atoms with Crippen molar-refractivity contribution in [3.05, 3.63) is 90.1 Å². The van der Waals surface area contributed by atoms with E-state index in [1.165, 1.54) is 17.7 Å². The predicted molar refractivity (Wildman–Crippen MR) is 136 cm³/mol. The van der Waals surface area contributed by atoms with Crippen LogP contribution in [0.5, 0.6) is 0 Å². The molecule has 34 heavy (non-hydrogen) atoms. The number of alkyl halides is 3. The fourth-order valence-electron chi connectivity index (χ4n) is 6.50. The zero-order valence-electron chi connectivity index (χ0n) is 21.2. The van der Waals surface area contributed by atoms with Gasteiger partial charge in [0, 0.05) is 17.3 Å². The Morgan fingerprint density at radius 2 is 1.85 bits per heavy atom. The first kappa shape index (κ1) is 26.3. The molecule has 1 aromatic carbocycles. The van der Waals surface area contributed by atoms with Crippen molar-refractivity contribution >= 4 is 6.08 Å². The van der Waals surface area contributed by atoms with E-state index in [9.17, 15) is 13.2 Å². The van der Waals surface area contributed by atoms with Gasteiger partial charge in [-0.05, 0) is 60.4 Å². The fraction of sp³-hybridized carbons (Fsp3) is 0.467. The van der Waals surface area contributed by atoms with Crippen molar-refractivity contribution < 1.29 is 18.5 Å². The third-order valence-corrected chi connectivity index (χ3v) is 9.08. The van der Waals surface area contributed by atoms with Crippen molar-refractivity contribution in [2.75, 3.05) is 7.05 Å². The summed E-state index contributed by atoms with van der Waals surface area (Å²) in [5, 5.41) is 2.36. The Morgan fingerprint density at radius 3 is 2.41 bits per heavy atom. The van der Waals surface area contributed by atoms with Crippen molar-refractivity contribution in [1.29, 1.82) is 0 Å². The lowest BCUT2D eigenvalue weighted by Crippen LogP contribution is -2.98. The fourth-order valence-corrected chi connectivity index (χ4v) is 6.50. The predicted octanol–water partition coefficient (Wildman–Crippen LogP) is 7.36. The number of benzene rings is 1. The maximum absolute atomic E-state index is 12.9. The minimum absolute atomic E-state index is 0.0521. The van der Waals surface area contributed by atoms with Gasteiger partial charge < -0.3 is 5.32 Å². The highest BCUT2D eigenvalue weighted by molar-refractivity contribution is 5.55. The standard InChI is InChI=1S/C30H38F3N/c1-8-19-27(4,22(3)12-13-23-14-16-25(17-15-23)30(31,32)33)29(6)26-21(2)10-9-11-24(26)18-20-28(29,5)34-7/h8-9,11-18,21,26,34H,1,3,10,19-20H2,2,4-7H3/p+1. The Bertz CT molecular complexity index is 1010. The van der Waals surface area contributed by atoms with Gasteiger partial charge in [0.2, 0.25) is 0 Å². The monoisotopic (exact) mass is 470 g/mol. The van der Waals surface area contributed by atoms with Gasteiger partial charge in [-0.15, -0.1) is 6.58 Å². The maximum Gasteiger partial charge on any atom is 0.416 e. The Labute approximate surface area is 203 Å². The zero-order valence-corrected chi connectivity index (χ0v) is 21.2. The van der Waals surface area contributed by atoms with Crippen LogP contribution in [-0.2, 0) is 6.18 Å². The summed E-state index contributed by atoms with van der Waals surface area (Å²) >= 11 is 0. The number of fused-ring (bicyclic) bond motifs is 1. The topological polar surface area (TPSA) is 16.6 Å². The highest BCUT2D eigenvalue weighted by atomic mass is 19.4. The largest absolute Gasteiger partial charge is 0.416 e. The van der Waals surface area contributed by atoms with Gasteiger partial charge in [0.15, 0.2) is 0 Å². The molecule has 0 fully saturated rings. The SMILES string of the molecule is C=CCC(C)(C(=C)C=Cc1ccc(C(F)(F)F)cc1)C1(C)C2C(=CCC1(C)[NH2+]C)C=CCC2C. The molecule has 0 aliphatic heterocycles. The molecular formula is C30H39F3N+. The molecule has 1 nitrogen and oxygen atoms in total. The van der Waals surface area contributed by atoms with Gasteiger partial charge in [-0.1, -0.05) is 75.9 Å². The maximum atomic E-state index is 12.9. The van der Waals surface area contributed by atoms with Crippen LogP contribution in [-0.4, -0.2) is 12.6 Å². The summed E-state index contributed by atoms with van der Waals surface area (Å²) in [6.45, 7) is 18.0. The highest BCUT2D eigenvalue weighted by Gasteiger charge is 2.64. The summed E-state index contributed by atoms with van der Waals surface area (Å²) < 4.78 is 38.8. The summed E-state index contributed by atoms with van der Waals surface area (Å²) in [5.41, 5.74) is 1.98. The molecule has 0 saturated heterocycles. The Balaban J connectivity index is 2.05. The molecule has 0 saturated carbocycles. The number of nitrogens with two attached hydrogens (primary N) is 1. The summed E-state index contributed by atoms with van der Waals surface area (Å²) in [6.07, 6.45) is 11.3. The van der Waals surface area contributed by atoms with Gasteiger partial charge in [-0.3, -0.25) is 0 Å². The molecule has 2 N–H and O–H groups in total. The van der Waals surface area contributed by atoms with Crippen LogP contribution in [0.25, 0.3) is 6.08 Å². The Hall–Kier alpha value is -2.33. The van der Waals surface area contributed by atoms with E-state index in [0.717, 1.165) is 42.5 Å². The van der Waals surface area contributed by atoms with E-state index < -0.39 is 11.7 Å². The molecule has 2 aliphatic rings. The number of halogens is 3. The molecule has 5 unspecified atom stereocenters. The van der Waals surface area contributed by atoms with Crippen LogP contribution in [0.1, 0.15) is 58.1 Å². The molecule has 5 atom stereocenters. The normalized spacial score (nSPS) is 31.0. The van der Waals surface area contributed by atoms with Crippen LogP contribution in [0.4, 0.5) is 13.2 Å². The average Bonchev–Trinajstić information content (AvgIpc) is 2.79. The second kappa shape index (κ2) is 9.37. The first-order chi connectivity index (χ1) is 15.8. The van der Waals surface area contributed by atoms with E-state index in [2.05, 4.69) is 71.4 Å². The van der Waals surface area contributed by atoms with Gasteiger partial charge in [0.25, 0.3) is 0 Å². The van der Waals surface area contributed by atoms with Crippen LogP contribution in [0, 0.1) is 22.7 Å². The first-order valence-electron chi connectivity index (χ1n) is 12.2. The summed E-state index contributed by atoms with van der Waals surface area (Å²) in [4.78, 5) is 0. The molecule has 0 radical (unpaired) electrons. The van der Waals surface area contributed by atoms with E-state index in [0.29, 0.717) is 11.8 Å². The lowest BCUT2D eigenvalue weighted by molar-refractivity contribution is -0.721. The molecule has 3 rings (SSSR count). The molecule has 0 amide bonds. The molecule has 0 bridgehead atoms. The van der Waals surface area contributed by atoms with Crippen molar-refractivity contribution in [3.8, 4) is 0 Å². The zero-order chi connectivity index (χ0) is 25.4. The number of hydrogen-bond donors (Lipinski definition) is 1. The van der Waals surface area contributed by atoms with E-state index in [1.807, 2.05) is 18.2 Å². The highest BCUT2D eigenvalue weighted by Crippen LogP contribution is 2.63. The quantitative estimate of drug-likeness (QED) is 0.317. The van der Waals surface area contributed by atoms with Crippen LogP contribution in [0.2, 0.25) is 0 Å². The molecule has 0 spiro atoms. The smallest absolute Gasteiger partial charge is 0.343 e. The number of quaternary nitrogens is 1. The molecule has 2 aliphatic carbocycles. The van der Waals surface area contributed by atoms with Crippen molar-refractivity contribution in [2.45, 2.75) is 58.7 Å². The van der Waals surface area contributed by atoms with E-state index in [-0.39, 0.29) is 16.4 Å². The minimum atomic E-state index is -4.33. The van der Waals surface area contributed by atoms with Crippen LogP contribution in [0.15, 0.2) is 78.9 Å². The third-order valence-electron chi connectivity index (χ3n) is 9.08. The molecule has 0 aromatic heterocycles. The van der Waals surface area contributed by atoms with Crippen LogP contribution < -0.4 is 5.32 Å². The van der Waals surface area contributed by atoms with Gasteiger partial charge in [0.05, 0.1) is 12.6 Å². The number of rotatable bonds is 7. The van der Waals surface area contributed by atoms with Gasteiger partial charge in [-0.25, -0.2) is 0 Å². The second-order valence-corrected chi connectivity index (χ2v) is 10.7. The van der Waals surface area contributed by atoms with E-state index in [1.54, 1.807) is 0 Å². The Kier molecular flexibility index (Phi) is 7.24. The third kappa shape index (κ3) is 4.26. The Morgan fingerprint density at radius 1 is 1.21 bits per heavy atom. The summed E-state index contributed by atoms with van der Waals surface area (Å²) in [5.74, 6) is 0.866. The molecular weight excluding hydrogens is 431 g/mol. The average molecular weight is 471 g/mol. The lowest BCUT2D eigenvalue weighted by Gasteiger charge is -2.62. The van der Waals surface area contributed by atoms with Crippen molar-refractivity contribution in [1.82, 2.24) is 0 Å². The molecule has 1 aromatic rings. The van der Waals surface area contributed by atoms with Gasteiger partial charge in [-0.2, -0.15) is 13.2 Å². The lowest BCUT2D eigenvalue weighted by atomic mass is 9.42. The van der Waals surface area contributed by atoms with E-state index in [4.69, 9.17) is 0 Å². The van der Waals surface area contributed by atoms with Crippen molar-refractivity contribution in [3.63, 3.8) is 0 Å². The number of hydrogen-bond acceptors (Lipinski definition) is 0.